The summed E-state index contributed by atoms with van der Waals surface area (Å²) in [4.78, 5) is 59.5. The fourth-order valence-electron chi connectivity index (χ4n) is 10.6. The van der Waals surface area contributed by atoms with E-state index in [-0.39, 0.29) is 35.9 Å². The Morgan fingerprint density at radius 1 is 1.08 bits per heavy atom. The van der Waals surface area contributed by atoms with Gasteiger partial charge in [-0.05, 0) is 85.4 Å². The number of phosphoric acid groups is 1. The van der Waals surface area contributed by atoms with Crippen LogP contribution in [0.3, 0.4) is 0 Å². The maximum atomic E-state index is 14.3. The molecule has 2 heterocycles. The third-order valence-electron chi connectivity index (χ3n) is 12.8. The molecule has 3 N–H and O–H groups in total. The molecule has 11 nitrogen and oxygen atoms in total. The van der Waals surface area contributed by atoms with Gasteiger partial charge in [-0.3, -0.25) is 23.8 Å². The highest BCUT2D eigenvalue weighted by atomic mass is 31.2. The van der Waals surface area contributed by atoms with Gasteiger partial charge in [0, 0.05) is 39.8 Å². The molecule has 6 aliphatic rings. The Hall–Kier alpha value is -3.80. The molecular weight excluding hydrogens is 685 g/mol. The third kappa shape index (κ3) is 5.48. The van der Waals surface area contributed by atoms with Crippen molar-refractivity contribution in [3.8, 4) is 0 Å². The largest absolute Gasteiger partial charge is 0.470 e. The number of ketones is 2. The molecule has 8 rings (SSSR count). The molecule has 4 fully saturated rings. The number of carbonyl (C=O) groups is 3. The van der Waals surface area contributed by atoms with E-state index >= 15 is 0 Å². The van der Waals surface area contributed by atoms with Gasteiger partial charge in [-0.25, -0.2) is 4.57 Å². The molecule has 12 heteroatoms. The fraction of sp³-hybridized carbons (Fsp3) is 0.425. The minimum Gasteiger partial charge on any atom is -0.393 e. The van der Waals surface area contributed by atoms with Crippen molar-refractivity contribution in [2.75, 3.05) is 11.5 Å². The number of carbonyl (C=O) groups excluding carboxylic acids is 3. The number of allylic oxidation sites excluding steroid dienone is 5. The number of nitrogens with zero attached hydrogens (tertiary/aromatic N) is 1. The molecule has 0 aromatic heterocycles. The van der Waals surface area contributed by atoms with Gasteiger partial charge in [0.25, 0.3) is 5.91 Å². The van der Waals surface area contributed by atoms with Crippen molar-refractivity contribution >= 4 is 31.0 Å². The number of aliphatic hydroxyl groups is 1. The lowest BCUT2D eigenvalue weighted by atomic mass is 9.46. The van der Waals surface area contributed by atoms with E-state index in [1.807, 2.05) is 61.5 Å². The van der Waals surface area contributed by atoms with Gasteiger partial charge in [0.15, 0.2) is 23.5 Å². The van der Waals surface area contributed by atoms with Crippen LogP contribution < -0.4 is 4.90 Å². The molecule has 0 spiro atoms. The van der Waals surface area contributed by atoms with Crippen LogP contribution in [0.4, 0.5) is 5.69 Å². The van der Waals surface area contributed by atoms with Gasteiger partial charge in [0.1, 0.15) is 6.61 Å². The second-order valence-corrected chi connectivity index (χ2v) is 16.8. The number of phosphoric ester groups is 1. The molecule has 1 saturated heterocycles. The van der Waals surface area contributed by atoms with Crippen LogP contribution in [0.25, 0.3) is 0 Å². The van der Waals surface area contributed by atoms with E-state index in [2.05, 4.69) is 13.5 Å². The Balaban J connectivity index is 1.06. The molecule has 2 aliphatic heterocycles. The van der Waals surface area contributed by atoms with Crippen molar-refractivity contribution in [1.29, 1.82) is 0 Å². The number of amides is 1. The number of fused-ring (bicyclic) bond motifs is 7. The summed E-state index contributed by atoms with van der Waals surface area (Å²) in [5.41, 5.74) is 1.93. The average Bonchev–Trinajstić information content (AvgIpc) is 3.72. The zero-order valence-electron chi connectivity index (χ0n) is 29.0. The van der Waals surface area contributed by atoms with Crippen LogP contribution >= 0.6 is 7.82 Å². The number of hydrogen-bond donors (Lipinski definition) is 3. The zero-order chi connectivity index (χ0) is 36.8. The molecule has 3 saturated carbocycles. The lowest BCUT2D eigenvalue weighted by Crippen LogP contribution is -2.63. The highest BCUT2D eigenvalue weighted by molar-refractivity contribution is 7.46. The molecular formula is C40H42NO10P. The molecule has 2 aromatic carbocycles. The van der Waals surface area contributed by atoms with Gasteiger partial charge in [0.05, 0.1) is 12.2 Å². The second-order valence-electron chi connectivity index (χ2n) is 15.5. The molecule has 1 amide bonds. The van der Waals surface area contributed by atoms with E-state index in [0.29, 0.717) is 36.9 Å². The van der Waals surface area contributed by atoms with Crippen molar-refractivity contribution in [3.63, 3.8) is 0 Å². The second kappa shape index (κ2) is 12.4. The maximum absolute atomic E-state index is 14.3. The highest BCUT2D eigenvalue weighted by Crippen LogP contribution is 2.70. The van der Waals surface area contributed by atoms with Crippen LogP contribution in [0.5, 0.6) is 0 Å². The lowest BCUT2D eigenvalue weighted by molar-refractivity contribution is -0.200. The summed E-state index contributed by atoms with van der Waals surface area (Å²) in [6.07, 6.45) is 8.47. The molecule has 0 unspecified atom stereocenters. The van der Waals surface area contributed by atoms with Gasteiger partial charge in [0.2, 0.25) is 0 Å². The normalized spacial score (nSPS) is 36.4. The molecule has 0 bridgehead atoms. The number of hydrogen-bond acceptors (Lipinski definition) is 8. The first-order valence-electron chi connectivity index (χ1n) is 17.7. The van der Waals surface area contributed by atoms with Gasteiger partial charge in [-0.15, -0.1) is 0 Å². The van der Waals surface area contributed by atoms with Crippen molar-refractivity contribution in [1.82, 2.24) is 0 Å². The van der Waals surface area contributed by atoms with Crippen LogP contribution in [0, 0.1) is 28.6 Å². The summed E-state index contributed by atoms with van der Waals surface area (Å²) in [7, 11) is -4.98. The number of Topliss-reactive ketones (excluding diaryl/α,β-unsaturated/α-hetero) is 1. The summed E-state index contributed by atoms with van der Waals surface area (Å²) in [6, 6.07) is 15.4. The fourth-order valence-corrected chi connectivity index (χ4v) is 10.8. The smallest absolute Gasteiger partial charge is 0.393 e. The summed E-state index contributed by atoms with van der Waals surface area (Å²) < 4.78 is 29.9. The van der Waals surface area contributed by atoms with E-state index in [4.69, 9.17) is 14.0 Å². The van der Waals surface area contributed by atoms with Crippen molar-refractivity contribution < 1.29 is 47.8 Å². The number of anilines is 1. The van der Waals surface area contributed by atoms with Crippen LogP contribution in [0.1, 0.15) is 62.5 Å². The molecule has 272 valence electrons. The van der Waals surface area contributed by atoms with Gasteiger partial charge in [-0.2, -0.15) is 0 Å². The predicted octanol–water partition coefficient (Wildman–Crippen LogP) is 5.41. The van der Waals surface area contributed by atoms with Crippen molar-refractivity contribution in [3.05, 3.63) is 113 Å². The quantitative estimate of drug-likeness (QED) is 0.300. The number of benzene rings is 2. The third-order valence-corrected chi connectivity index (χ3v) is 13.2. The summed E-state index contributed by atoms with van der Waals surface area (Å²) >= 11 is 0. The Morgan fingerprint density at radius 2 is 1.85 bits per heavy atom. The molecule has 9 atom stereocenters. The Morgan fingerprint density at radius 3 is 2.56 bits per heavy atom. The first kappa shape index (κ1) is 35.2. The summed E-state index contributed by atoms with van der Waals surface area (Å²) in [5, 5.41) is 12.0. The SMILES string of the molecule is C=C1C=CC(=O)N1c1cccc(Cc2ccc([C@@H]3O[C@@H]4C[C@H]5[C@@H]6CCC7=CC(=O)C=C[C@]7(C)[C@H]6[C@@H](O)C[C@]5(C)[C@]4(C(=O)COP(=O)(O)O)O3)cc2)c1. The number of aliphatic hydroxyl groups excluding tert-OH is 1. The number of ether oxygens (including phenoxy) is 2. The number of rotatable bonds is 8. The molecule has 52 heavy (non-hydrogen) atoms. The standard InChI is InChI=1S/C40H42NO10P/c1-23-7-14-35(45)41(23)28-6-4-5-25(18-28)17-24-8-10-26(11-9-24)37-50-34-20-31-30-13-12-27-19-29(42)15-16-38(27,2)36(30)32(43)21-39(31,3)40(34,51-37)33(44)22-49-52(46,47)48/h4-11,14-16,18-19,30-32,34,36-37,43H,1,12-13,17,20-22H2,2-3H3,(H2,46,47,48)/t30-,31-,32-,34+,36+,37+,38-,39-,40+/m0/s1. The Kier molecular flexibility index (Phi) is 8.39. The topological polar surface area (TPSA) is 160 Å². The van der Waals surface area contributed by atoms with Crippen LogP contribution in [-0.2, 0) is 39.4 Å². The van der Waals surface area contributed by atoms with E-state index < -0.39 is 55.1 Å². The summed E-state index contributed by atoms with van der Waals surface area (Å²) in [6.45, 7) is 7.09. The average molecular weight is 728 g/mol. The van der Waals surface area contributed by atoms with E-state index in [1.165, 1.54) is 6.08 Å². The van der Waals surface area contributed by atoms with Crippen LogP contribution in [-0.4, -0.2) is 56.8 Å². The van der Waals surface area contributed by atoms with Crippen LogP contribution in [0.2, 0.25) is 0 Å². The molecule has 4 aliphatic carbocycles. The predicted molar refractivity (Wildman–Crippen MR) is 189 cm³/mol. The van der Waals surface area contributed by atoms with Gasteiger partial charge in [-0.1, -0.05) is 68.5 Å². The minimum absolute atomic E-state index is 0.0203. The Bertz CT molecular complexity index is 2000. The van der Waals surface area contributed by atoms with Gasteiger partial charge < -0.3 is 24.4 Å². The van der Waals surface area contributed by atoms with E-state index in [1.54, 1.807) is 23.1 Å². The van der Waals surface area contributed by atoms with Crippen molar-refractivity contribution in [2.45, 2.75) is 70.1 Å². The minimum atomic E-state index is -4.98. The summed E-state index contributed by atoms with van der Waals surface area (Å²) in [5.74, 6) is -1.15. The molecule has 2 aromatic rings. The highest BCUT2D eigenvalue weighted by Gasteiger charge is 2.76. The monoisotopic (exact) mass is 727 g/mol. The first-order valence-corrected chi connectivity index (χ1v) is 19.2. The maximum Gasteiger partial charge on any atom is 0.470 e. The van der Waals surface area contributed by atoms with E-state index in [9.17, 15) is 33.8 Å². The van der Waals surface area contributed by atoms with E-state index in [0.717, 1.165) is 22.4 Å². The van der Waals surface area contributed by atoms with Crippen LogP contribution in [0.15, 0.2) is 96.8 Å². The van der Waals surface area contributed by atoms with Gasteiger partial charge >= 0.3 is 7.82 Å². The molecule has 0 radical (unpaired) electrons. The Labute approximate surface area is 301 Å². The first-order chi connectivity index (χ1) is 24.6. The zero-order valence-corrected chi connectivity index (χ0v) is 29.9. The lowest BCUT2D eigenvalue weighted by Gasteiger charge is -2.59. The van der Waals surface area contributed by atoms with Crippen molar-refractivity contribution in [2.24, 2.45) is 28.6 Å².